The molecule has 0 radical (unpaired) electrons. The number of carbonyl (C=O) groups is 2. The highest BCUT2D eigenvalue weighted by atomic mass is 16.4. The summed E-state index contributed by atoms with van der Waals surface area (Å²) in [6.07, 6.45) is 0.569. The molecule has 1 atom stereocenters. The van der Waals surface area contributed by atoms with Gasteiger partial charge in [0.25, 0.3) is 0 Å². The fourth-order valence-electron chi connectivity index (χ4n) is 1.17. The van der Waals surface area contributed by atoms with Gasteiger partial charge in [-0.1, -0.05) is 6.92 Å². The van der Waals surface area contributed by atoms with Crippen LogP contribution in [0.25, 0.3) is 0 Å². The highest BCUT2D eigenvalue weighted by molar-refractivity contribution is 5.75. The summed E-state index contributed by atoms with van der Waals surface area (Å²) in [4.78, 5) is 23.6. The van der Waals surface area contributed by atoms with Crippen LogP contribution >= 0.6 is 0 Å². The average Bonchev–Trinajstić information content (AvgIpc) is 2.23. The van der Waals surface area contributed by atoms with Gasteiger partial charge < -0.3 is 20.6 Å². The van der Waals surface area contributed by atoms with Gasteiger partial charge in [-0.2, -0.15) is 0 Å². The van der Waals surface area contributed by atoms with Crippen LogP contribution in [0.5, 0.6) is 0 Å². The van der Waals surface area contributed by atoms with Crippen molar-refractivity contribution in [1.82, 2.24) is 15.5 Å². The van der Waals surface area contributed by atoms with Crippen LogP contribution in [-0.2, 0) is 4.79 Å². The van der Waals surface area contributed by atoms with Gasteiger partial charge in [0.05, 0.1) is 6.42 Å². The van der Waals surface area contributed by atoms with Crippen LogP contribution in [-0.4, -0.2) is 55.2 Å². The van der Waals surface area contributed by atoms with Gasteiger partial charge in [-0.25, -0.2) is 4.79 Å². The van der Waals surface area contributed by atoms with Crippen molar-refractivity contribution in [2.24, 2.45) is 0 Å². The number of nitrogens with one attached hydrogen (secondary N) is 2. The third kappa shape index (κ3) is 6.23. The van der Waals surface area contributed by atoms with Crippen molar-refractivity contribution in [3.63, 3.8) is 0 Å². The van der Waals surface area contributed by atoms with Crippen LogP contribution in [0.2, 0.25) is 0 Å². The third-order valence-corrected chi connectivity index (χ3v) is 2.29. The molecule has 0 aromatic carbocycles. The van der Waals surface area contributed by atoms with Gasteiger partial charge in [-0.05, 0) is 13.5 Å². The average molecular weight is 231 g/mol. The molecule has 16 heavy (non-hydrogen) atoms. The monoisotopic (exact) mass is 231 g/mol. The number of amides is 2. The Morgan fingerprint density at radius 1 is 1.44 bits per heavy atom. The van der Waals surface area contributed by atoms with Crippen molar-refractivity contribution in [3.05, 3.63) is 0 Å². The topological polar surface area (TPSA) is 81.7 Å². The molecule has 6 heteroatoms. The zero-order chi connectivity index (χ0) is 12.6. The standard InChI is InChI=1S/C10H21N3O3/c1-4-8(7-9(14)15)12-10(16)13(3)6-5-11-2/h8,11H,4-7H2,1-3H3,(H,12,16)(H,14,15). The molecule has 0 aromatic rings. The van der Waals surface area contributed by atoms with Crippen molar-refractivity contribution < 1.29 is 14.7 Å². The van der Waals surface area contributed by atoms with E-state index in [0.717, 1.165) is 0 Å². The van der Waals surface area contributed by atoms with Gasteiger partial charge in [0.15, 0.2) is 0 Å². The third-order valence-electron chi connectivity index (χ3n) is 2.29. The number of carbonyl (C=O) groups excluding carboxylic acids is 1. The highest BCUT2D eigenvalue weighted by Gasteiger charge is 2.16. The summed E-state index contributed by atoms with van der Waals surface area (Å²) in [5, 5.41) is 14.3. The van der Waals surface area contributed by atoms with Crippen LogP contribution in [0.1, 0.15) is 19.8 Å². The van der Waals surface area contributed by atoms with Crippen LogP contribution in [0, 0.1) is 0 Å². The molecule has 2 amide bonds. The van der Waals surface area contributed by atoms with Crippen LogP contribution in [0.3, 0.4) is 0 Å². The minimum Gasteiger partial charge on any atom is -0.481 e. The maximum Gasteiger partial charge on any atom is 0.317 e. The van der Waals surface area contributed by atoms with E-state index >= 15 is 0 Å². The van der Waals surface area contributed by atoms with Gasteiger partial charge >= 0.3 is 12.0 Å². The lowest BCUT2D eigenvalue weighted by atomic mass is 10.1. The first-order valence-corrected chi connectivity index (χ1v) is 5.39. The first-order chi connectivity index (χ1) is 7.51. The Bertz CT molecular complexity index is 233. The molecule has 0 fully saturated rings. The van der Waals surface area contributed by atoms with Crippen LogP contribution in [0.15, 0.2) is 0 Å². The molecule has 0 aliphatic heterocycles. The Morgan fingerprint density at radius 2 is 2.06 bits per heavy atom. The van der Waals surface area contributed by atoms with E-state index < -0.39 is 5.97 Å². The molecule has 0 saturated carbocycles. The highest BCUT2D eigenvalue weighted by Crippen LogP contribution is 1.98. The predicted octanol–water partition coefficient (Wildman–Crippen LogP) is 0.101. The zero-order valence-electron chi connectivity index (χ0n) is 10.1. The van der Waals surface area contributed by atoms with Crippen molar-refractivity contribution in [2.75, 3.05) is 27.2 Å². The number of rotatable bonds is 7. The zero-order valence-corrected chi connectivity index (χ0v) is 10.1. The lowest BCUT2D eigenvalue weighted by Crippen LogP contribution is -2.45. The minimum absolute atomic E-state index is 0.0396. The fraction of sp³-hybridized carbons (Fsp3) is 0.800. The molecule has 0 heterocycles. The second-order valence-electron chi connectivity index (χ2n) is 3.68. The van der Waals surface area contributed by atoms with Gasteiger partial charge in [-0.15, -0.1) is 0 Å². The number of hydrogen-bond acceptors (Lipinski definition) is 3. The Hall–Kier alpha value is -1.30. The van der Waals surface area contributed by atoms with Crippen LogP contribution in [0.4, 0.5) is 4.79 Å². The molecule has 3 N–H and O–H groups in total. The summed E-state index contributed by atoms with van der Waals surface area (Å²) in [5.41, 5.74) is 0. The van der Waals surface area contributed by atoms with Crippen molar-refractivity contribution in [2.45, 2.75) is 25.8 Å². The molecule has 1 unspecified atom stereocenters. The summed E-state index contributed by atoms with van der Waals surface area (Å²) in [5.74, 6) is -0.898. The number of aliphatic carboxylic acids is 1. The van der Waals surface area contributed by atoms with E-state index in [2.05, 4.69) is 10.6 Å². The quantitative estimate of drug-likeness (QED) is 0.580. The fourth-order valence-corrected chi connectivity index (χ4v) is 1.17. The van der Waals surface area contributed by atoms with E-state index in [1.54, 1.807) is 7.05 Å². The Labute approximate surface area is 96.0 Å². The number of carboxylic acid groups (broad SMARTS) is 1. The normalized spacial score (nSPS) is 11.9. The van der Waals surface area contributed by atoms with Gasteiger partial charge in [-0.3, -0.25) is 4.79 Å². The molecule has 0 bridgehead atoms. The number of urea groups is 1. The first kappa shape index (κ1) is 14.7. The second-order valence-corrected chi connectivity index (χ2v) is 3.68. The summed E-state index contributed by atoms with van der Waals surface area (Å²) in [6, 6.07) is -0.537. The second kappa shape index (κ2) is 7.92. The van der Waals surface area contributed by atoms with E-state index in [9.17, 15) is 9.59 Å². The van der Waals surface area contributed by atoms with Crippen LogP contribution < -0.4 is 10.6 Å². The maximum atomic E-state index is 11.6. The minimum atomic E-state index is -0.898. The van der Waals surface area contributed by atoms with E-state index in [-0.39, 0.29) is 18.5 Å². The van der Waals surface area contributed by atoms with Gasteiger partial charge in [0.2, 0.25) is 0 Å². The molecular weight excluding hydrogens is 210 g/mol. The summed E-state index contributed by atoms with van der Waals surface area (Å²) in [7, 11) is 3.49. The largest absolute Gasteiger partial charge is 0.481 e. The first-order valence-electron chi connectivity index (χ1n) is 5.39. The Morgan fingerprint density at radius 3 is 2.50 bits per heavy atom. The lowest BCUT2D eigenvalue weighted by Gasteiger charge is -2.21. The van der Waals surface area contributed by atoms with Gasteiger partial charge in [0.1, 0.15) is 0 Å². The Kier molecular flexibility index (Phi) is 7.28. The number of carboxylic acids is 1. The molecule has 0 rings (SSSR count). The number of hydrogen-bond donors (Lipinski definition) is 3. The molecule has 0 aliphatic rings. The van der Waals surface area contributed by atoms with E-state index in [4.69, 9.17) is 5.11 Å². The van der Waals surface area contributed by atoms with Gasteiger partial charge in [0, 0.05) is 26.2 Å². The molecule has 0 aromatic heterocycles. The van der Waals surface area contributed by atoms with E-state index in [0.29, 0.717) is 19.5 Å². The number of likely N-dealkylation sites (N-methyl/N-ethyl adjacent to an activating group) is 2. The van der Waals surface area contributed by atoms with E-state index in [1.165, 1.54) is 4.90 Å². The summed E-state index contributed by atoms with van der Waals surface area (Å²) < 4.78 is 0. The molecule has 0 aliphatic carbocycles. The summed E-state index contributed by atoms with van der Waals surface area (Å²) in [6.45, 7) is 3.15. The van der Waals surface area contributed by atoms with Crippen molar-refractivity contribution >= 4 is 12.0 Å². The summed E-state index contributed by atoms with van der Waals surface area (Å²) >= 11 is 0. The number of nitrogens with zero attached hydrogens (tertiary/aromatic N) is 1. The smallest absolute Gasteiger partial charge is 0.317 e. The maximum absolute atomic E-state index is 11.6. The molecule has 6 nitrogen and oxygen atoms in total. The van der Waals surface area contributed by atoms with E-state index in [1.807, 2.05) is 14.0 Å². The lowest BCUT2D eigenvalue weighted by molar-refractivity contribution is -0.137. The molecule has 0 spiro atoms. The predicted molar refractivity (Wildman–Crippen MR) is 61.4 cm³/mol. The molecular formula is C10H21N3O3. The van der Waals surface area contributed by atoms with Crippen molar-refractivity contribution in [1.29, 1.82) is 0 Å². The molecule has 94 valence electrons. The molecule has 0 saturated heterocycles. The SMILES string of the molecule is CCC(CC(=O)O)NC(=O)N(C)CCNC. The Balaban J connectivity index is 4.03. The van der Waals surface area contributed by atoms with Crippen molar-refractivity contribution in [3.8, 4) is 0 Å².